The number of carbonyl (C=O) groups is 1. The molecule has 5 nitrogen and oxygen atoms in total. The first-order chi connectivity index (χ1) is 17.9. The zero-order chi connectivity index (χ0) is 26.2. The number of hydrogen-bond donors (Lipinski definition) is 1. The first-order valence-electron chi connectivity index (χ1n) is 12.4. The van der Waals surface area contributed by atoms with Gasteiger partial charge in [-0.05, 0) is 49.1 Å². The Labute approximate surface area is 232 Å². The molecule has 0 radical (unpaired) electrons. The van der Waals surface area contributed by atoms with Crippen LogP contribution in [0.4, 0.5) is 0 Å². The molecule has 3 aromatic carbocycles. The lowest BCUT2D eigenvalue weighted by Crippen LogP contribution is -2.31. The molecule has 0 bridgehead atoms. The van der Waals surface area contributed by atoms with E-state index in [4.69, 9.17) is 23.2 Å². The molecule has 1 heterocycles. The number of aromatic nitrogens is 3. The third-order valence-corrected chi connectivity index (χ3v) is 7.48. The molecule has 1 atom stereocenters. The van der Waals surface area contributed by atoms with Gasteiger partial charge in [0.25, 0.3) is 0 Å². The van der Waals surface area contributed by atoms with Crippen molar-refractivity contribution in [1.29, 1.82) is 0 Å². The van der Waals surface area contributed by atoms with Crippen LogP contribution in [-0.4, -0.2) is 20.7 Å². The van der Waals surface area contributed by atoms with Gasteiger partial charge in [0.05, 0.1) is 16.8 Å². The first kappa shape index (κ1) is 27.2. The van der Waals surface area contributed by atoms with Gasteiger partial charge in [0, 0.05) is 17.2 Å². The highest BCUT2D eigenvalue weighted by atomic mass is 35.5. The van der Waals surface area contributed by atoms with Crippen molar-refractivity contribution in [1.82, 2.24) is 20.1 Å². The Bertz CT molecular complexity index is 1340. The zero-order valence-corrected chi connectivity index (χ0v) is 23.3. The first-order valence-corrected chi connectivity index (χ1v) is 14.1. The minimum Gasteiger partial charge on any atom is -0.346 e. The lowest BCUT2D eigenvalue weighted by Gasteiger charge is -2.21. The molecule has 0 saturated heterocycles. The fraction of sp³-hybridized carbons (Fsp3) is 0.276. The SMILES string of the molecule is CCCCC(=O)NC(Cc1ccccc1)c1nnc(SCc2cccc(C)c2)n1-c1ccc(Cl)cc1Cl. The largest absolute Gasteiger partial charge is 0.346 e. The molecular formula is C29H30Cl2N4OS. The molecule has 1 amide bonds. The highest BCUT2D eigenvalue weighted by molar-refractivity contribution is 7.98. The van der Waals surface area contributed by atoms with E-state index in [1.807, 2.05) is 28.8 Å². The molecule has 0 spiro atoms. The van der Waals surface area contributed by atoms with Crippen LogP contribution in [0.5, 0.6) is 0 Å². The zero-order valence-electron chi connectivity index (χ0n) is 21.0. The summed E-state index contributed by atoms with van der Waals surface area (Å²) in [5.74, 6) is 1.34. The maximum absolute atomic E-state index is 12.9. The second-order valence-corrected chi connectivity index (χ2v) is 10.7. The van der Waals surface area contributed by atoms with Crippen molar-refractivity contribution < 1.29 is 4.79 Å². The number of amides is 1. The molecule has 0 aliphatic heterocycles. The number of nitrogens with one attached hydrogen (secondary N) is 1. The molecule has 192 valence electrons. The van der Waals surface area contributed by atoms with Crippen LogP contribution in [0.15, 0.2) is 78.0 Å². The molecule has 1 N–H and O–H groups in total. The van der Waals surface area contributed by atoms with Gasteiger partial charge in [-0.3, -0.25) is 9.36 Å². The Kier molecular flexibility index (Phi) is 9.67. The van der Waals surface area contributed by atoms with Gasteiger partial charge in [-0.25, -0.2) is 0 Å². The molecule has 0 fully saturated rings. The Morgan fingerprint density at radius 3 is 2.51 bits per heavy atom. The van der Waals surface area contributed by atoms with Gasteiger partial charge >= 0.3 is 0 Å². The molecule has 0 aliphatic carbocycles. The number of aryl methyl sites for hydroxylation is 1. The average Bonchev–Trinajstić information content (AvgIpc) is 3.30. The van der Waals surface area contributed by atoms with E-state index in [2.05, 4.69) is 65.8 Å². The Morgan fingerprint density at radius 2 is 1.78 bits per heavy atom. The van der Waals surface area contributed by atoms with Crippen LogP contribution >= 0.6 is 35.0 Å². The van der Waals surface area contributed by atoms with Crippen LogP contribution in [0.2, 0.25) is 10.0 Å². The van der Waals surface area contributed by atoms with Crippen LogP contribution in [0.1, 0.15) is 54.7 Å². The monoisotopic (exact) mass is 552 g/mol. The lowest BCUT2D eigenvalue weighted by molar-refractivity contribution is -0.122. The minimum atomic E-state index is -0.390. The third kappa shape index (κ3) is 7.37. The van der Waals surface area contributed by atoms with E-state index in [1.54, 1.807) is 23.9 Å². The number of rotatable bonds is 11. The van der Waals surface area contributed by atoms with Crippen LogP contribution < -0.4 is 5.32 Å². The summed E-state index contributed by atoms with van der Waals surface area (Å²) in [6.45, 7) is 4.16. The number of benzene rings is 3. The summed E-state index contributed by atoms with van der Waals surface area (Å²) >= 11 is 14.5. The van der Waals surface area contributed by atoms with Crippen LogP contribution in [0.25, 0.3) is 5.69 Å². The number of halogens is 2. The van der Waals surface area contributed by atoms with Gasteiger partial charge in [0.2, 0.25) is 5.91 Å². The maximum atomic E-state index is 12.9. The van der Waals surface area contributed by atoms with E-state index in [9.17, 15) is 4.79 Å². The molecular weight excluding hydrogens is 523 g/mol. The van der Waals surface area contributed by atoms with Gasteiger partial charge in [-0.2, -0.15) is 0 Å². The van der Waals surface area contributed by atoms with Gasteiger partial charge in [0.15, 0.2) is 11.0 Å². The summed E-state index contributed by atoms with van der Waals surface area (Å²) in [5, 5.41) is 14.1. The molecule has 1 unspecified atom stereocenters. The van der Waals surface area contributed by atoms with Crippen molar-refractivity contribution in [2.45, 2.75) is 56.5 Å². The van der Waals surface area contributed by atoms with Crippen LogP contribution in [0.3, 0.4) is 0 Å². The highest BCUT2D eigenvalue weighted by Crippen LogP contribution is 2.33. The van der Waals surface area contributed by atoms with Gasteiger partial charge in [-0.15, -0.1) is 10.2 Å². The van der Waals surface area contributed by atoms with E-state index in [0.29, 0.717) is 33.9 Å². The molecule has 37 heavy (non-hydrogen) atoms. The molecule has 4 rings (SSSR count). The number of hydrogen-bond acceptors (Lipinski definition) is 4. The molecule has 1 aromatic heterocycles. The van der Waals surface area contributed by atoms with E-state index in [1.165, 1.54) is 11.1 Å². The van der Waals surface area contributed by atoms with Crippen molar-refractivity contribution in [2.24, 2.45) is 0 Å². The summed E-state index contributed by atoms with van der Waals surface area (Å²) < 4.78 is 1.95. The summed E-state index contributed by atoms with van der Waals surface area (Å²) in [6.07, 6.45) is 2.82. The van der Waals surface area contributed by atoms with Crippen molar-refractivity contribution >= 4 is 40.9 Å². The Hall–Kier alpha value is -2.80. The Morgan fingerprint density at radius 1 is 1.00 bits per heavy atom. The number of unbranched alkanes of at least 4 members (excludes halogenated alkanes) is 1. The normalized spacial score (nSPS) is 11.9. The summed E-state index contributed by atoms with van der Waals surface area (Å²) in [5.41, 5.74) is 4.21. The Balaban J connectivity index is 1.74. The maximum Gasteiger partial charge on any atom is 0.220 e. The predicted molar refractivity (Wildman–Crippen MR) is 153 cm³/mol. The molecule has 8 heteroatoms. The van der Waals surface area contributed by atoms with Gasteiger partial charge < -0.3 is 5.32 Å². The van der Waals surface area contributed by atoms with Crippen molar-refractivity contribution in [3.8, 4) is 5.69 Å². The fourth-order valence-electron chi connectivity index (χ4n) is 4.10. The lowest BCUT2D eigenvalue weighted by atomic mass is 10.0. The second-order valence-electron chi connectivity index (χ2n) is 8.96. The second kappa shape index (κ2) is 13.1. The van der Waals surface area contributed by atoms with Crippen LogP contribution in [-0.2, 0) is 17.0 Å². The fourth-order valence-corrected chi connectivity index (χ4v) is 5.49. The molecule has 0 aliphatic rings. The van der Waals surface area contributed by atoms with E-state index >= 15 is 0 Å². The summed E-state index contributed by atoms with van der Waals surface area (Å²) in [6, 6.07) is 23.5. The number of nitrogens with zero attached hydrogens (tertiary/aromatic N) is 3. The summed E-state index contributed by atoms with van der Waals surface area (Å²) in [7, 11) is 0. The smallest absolute Gasteiger partial charge is 0.220 e. The predicted octanol–water partition coefficient (Wildman–Crippen LogP) is 7.77. The van der Waals surface area contributed by atoms with Crippen molar-refractivity contribution in [2.75, 3.05) is 0 Å². The number of carbonyl (C=O) groups excluding carboxylic acids is 1. The van der Waals surface area contributed by atoms with Crippen molar-refractivity contribution in [3.63, 3.8) is 0 Å². The molecule has 4 aromatic rings. The minimum absolute atomic E-state index is 0.00602. The van der Waals surface area contributed by atoms with Crippen molar-refractivity contribution in [3.05, 3.63) is 105 Å². The standard InChI is InChI=1S/C29H30Cl2N4OS/c1-3-4-13-27(36)32-25(17-21-10-6-5-7-11-21)28-33-34-29(37-19-22-12-8-9-20(2)16-22)35(28)26-15-14-23(30)18-24(26)31/h5-12,14-16,18,25H,3-4,13,17,19H2,1-2H3,(H,32,36). The van der Waals surface area contributed by atoms with Crippen LogP contribution in [0, 0.1) is 6.92 Å². The van der Waals surface area contributed by atoms with Gasteiger partial charge in [0.1, 0.15) is 0 Å². The van der Waals surface area contributed by atoms with E-state index in [0.717, 1.165) is 29.8 Å². The topological polar surface area (TPSA) is 59.8 Å². The van der Waals surface area contributed by atoms with E-state index < -0.39 is 0 Å². The number of thioether (sulfide) groups is 1. The quantitative estimate of drug-likeness (QED) is 0.193. The average molecular weight is 554 g/mol. The molecule has 0 saturated carbocycles. The highest BCUT2D eigenvalue weighted by Gasteiger charge is 2.26. The van der Waals surface area contributed by atoms with Gasteiger partial charge in [-0.1, -0.05) is 108 Å². The third-order valence-electron chi connectivity index (χ3n) is 5.95. The van der Waals surface area contributed by atoms with E-state index in [-0.39, 0.29) is 11.9 Å². The summed E-state index contributed by atoms with van der Waals surface area (Å²) in [4.78, 5) is 12.9.